The standard InChI is InChI=1S/C15H18ClNS/c1-4-17-15(12-8-11(3)18-9-12)13-6-5-10(2)7-14(13)16/h5-9,15,17H,4H2,1-3H3. The minimum Gasteiger partial charge on any atom is -0.306 e. The summed E-state index contributed by atoms with van der Waals surface area (Å²) in [7, 11) is 0. The topological polar surface area (TPSA) is 12.0 Å². The van der Waals surface area contributed by atoms with Gasteiger partial charge in [0.15, 0.2) is 0 Å². The van der Waals surface area contributed by atoms with Crippen molar-refractivity contribution in [1.82, 2.24) is 5.32 Å². The van der Waals surface area contributed by atoms with Gasteiger partial charge < -0.3 is 5.32 Å². The molecule has 3 heteroatoms. The van der Waals surface area contributed by atoms with E-state index in [0.29, 0.717) is 0 Å². The van der Waals surface area contributed by atoms with Gasteiger partial charge in [0.1, 0.15) is 0 Å². The van der Waals surface area contributed by atoms with Crippen LogP contribution in [0.5, 0.6) is 0 Å². The van der Waals surface area contributed by atoms with Gasteiger partial charge in [-0.05, 0) is 54.6 Å². The summed E-state index contributed by atoms with van der Waals surface area (Å²) in [5.74, 6) is 0. The molecule has 0 amide bonds. The van der Waals surface area contributed by atoms with E-state index in [1.165, 1.54) is 16.0 Å². The highest BCUT2D eigenvalue weighted by atomic mass is 35.5. The second-order valence-corrected chi connectivity index (χ2v) is 6.03. The summed E-state index contributed by atoms with van der Waals surface area (Å²) in [5, 5.41) is 6.56. The second kappa shape index (κ2) is 5.87. The van der Waals surface area contributed by atoms with Gasteiger partial charge in [0.05, 0.1) is 6.04 Å². The molecule has 1 nitrogen and oxygen atoms in total. The molecular formula is C15H18ClNS. The highest BCUT2D eigenvalue weighted by Crippen LogP contribution is 2.31. The third-order valence-corrected chi connectivity index (χ3v) is 4.17. The summed E-state index contributed by atoms with van der Waals surface area (Å²) < 4.78 is 0. The van der Waals surface area contributed by atoms with Crippen LogP contribution >= 0.6 is 22.9 Å². The Morgan fingerprint density at radius 3 is 2.61 bits per heavy atom. The lowest BCUT2D eigenvalue weighted by Crippen LogP contribution is -2.21. The predicted octanol–water partition coefficient (Wildman–Crippen LogP) is 4.72. The molecule has 1 unspecified atom stereocenters. The van der Waals surface area contributed by atoms with E-state index in [1.807, 2.05) is 6.07 Å². The molecule has 0 aliphatic carbocycles. The van der Waals surface area contributed by atoms with Crippen LogP contribution in [0.3, 0.4) is 0 Å². The molecular weight excluding hydrogens is 262 g/mol. The van der Waals surface area contributed by atoms with Gasteiger partial charge in [0, 0.05) is 9.90 Å². The zero-order valence-corrected chi connectivity index (χ0v) is 12.5. The summed E-state index contributed by atoms with van der Waals surface area (Å²) in [6.07, 6.45) is 0. The lowest BCUT2D eigenvalue weighted by Gasteiger charge is -2.19. The largest absolute Gasteiger partial charge is 0.306 e. The summed E-state index contributed by atoms with van der Waals surface area (Å²) in [6, 6.07) is 8.69. The van der Waals surface area contributed by atoms with Gasteiger partial charge in [-0.15, -0.1) is 11.3 Å². The molecule has 2 rings (SSSR count). The molecule has 0 aliphatic heterocycles. The average Bonchev–Trinajstić information content (AvgIpc) is 2.73. The monoisotopic (exact) mass is 279 g/mol. The first-order valence-electron chi connectivity index (χ1n) is 6.16. The van der Waals surface area contributed by atoms with Crippen molar-refractivity contribution in [2.45, 2.75) is 26.8 Å². The summed E-state index contributed by atoms with van der Waals surface area (Å²) >= 11 is 8.16. The molecule has 0 fully saturated rings. The number of rotatable bonds is 4. The lowest BCUT2D eigenvalue weighted by molar-refractivity contribution is 0.632. The highest BCUT2D eigenvalue weighted by Gasteiger charge is 2.16. The molecule has 18 heavy (non-hydrogen) atoms. The number of hydrogen-bond donors (Lipinski definition) is 1. The van der Waals surface area contributed by atoms with Gasteiger partial charge >= 0.3 is 0 Å². The Balaban J connectivity index is 2.41. The van der Waals surface area contributed by atoms with E-state index in [2.05, 4.69) is 49.7 Å². The Morgan fingerprint density at radius 1 is 1.28 bits per heavy atom. The Hall–Kier alpha value is -0.830. The van der Waals surface area contributed by atoms with E-state index in [0.717, 1.165) is 17.1 Å². The molecule has 96 valence electrons. The Bertz CT molecular complexity index is 533. The number of benzene rings is 1. The first-order valence-corrected chi connectivity index (χ1v) is 7.42. The molecule has 1 atom stereocenters. The van der Waals surface area contributed by atoms with Crippen LogP contribution in [0.2, 0.25) is 5.02 Å². The second-order valence-electron chi connectivity index (χ2n) is 4.51. The maximum Gasteiger partial charge on any atom is 0.0599 e. The SMILES string of the molecule is CCNC(c1csc(C)c1)c1ccc(C)cc1Cl. The number of halogens is 1. The van der Waals surface area contributed by atoms with E-state index >= 15 is 0 Å². The fraction of sp³-hybridized carbons (Fsp3) is 0.333. The van der Waals surface area contributed by atoms with Crippen molar-refractivity contribution in [1.29, 1.82) is 0 Å². The van der Waals surface area contributed by atoms with E-state index < -0.39 is 0 Å². The molecule has 0 saturated heterocycles. The predicted molar refractivity (Wildman–Crippen MR) is 80.8 cm³/mol. The van der Waals surface area contributed by atoms with Crippen LogP contribution in [-0.4, -0.2) is 6.54 Å². The number of aryl methyl sites for hydroxylation is 2. The van der Waals surface area contributed by atoms with Crippen LogP contribution in [0.15, 0.2) is 29.6 Å². The first kappa shape index (κ1) is 13.6. The fourth-order valence-corrected chi connectivity index (χ4v) is 3.17. The first-order chi connectivity index (χ1) is 8.61. The Morgan fingerprint density at radius 2 is 2.06 bits per heavy atom. The molecule has 0 saturated carbocycles. The van der Waals surface area contributed by atoms with Crippen molar-refractivity contribution in [3.8, 4) is 0 Å². The maximum atomic E-state index is 6.38. The zero-order valence-electron chi connectivity index (χ0n) is 11.0. The average molecular weight is 280 g/mol. The molecule has 0 aliphatic rings. The van der Waals surface area contributed by atoms with Crippen molar-refractivity contribution in [3.63, 3.8) is 0 Å². The lowest BCUT2D eigenvalue weighted by atomic mass is 9.99. The Labute approximate surface area is 118 Å². The quantitative estimate of drug-likeness (QED) is 0.854. The van der Waals surface area contributed by atoms with Crippen molar-refractivity contribution >= 4 is 22.9 Å². The molecule has 1 N–H and O–H groups in total. The van der Waals surface area contributed by atoms with Crippen molar-refractivity contribution < 1.29 is 0 Å². The normalized spacial score (nSPS) is 12.7. The minimum absolute atomic E-state index is 0.188. The van der Waals surface area contributed by atoms with Crippen LogP contribution in [0.1, 0.15) is 34.5 Å². The van der Waals surface area contributed by atoms with Crippen LogP contribution < -0.4 is 5.32 Å². The van der Waals surface area contributed by atoms with Gasteiger partial charge in [-0.1, -0.05) is 30.7 Å². The molecule has 2 aromatic rings. The van der Waals surface area contributed by atoms with Crippen LogP contribution in [-0.2, 0) is 0 Å². The van der Waals surface area contributed by atoms with E-state index in [9.17, 15) is 0 Å². The van der Waals surface area contributed by atoms with Crippen molar-refractivity contribution in [2.75, 3.05) is 6.54 Å². The summed E-state index contributed by atoms with van der Waals surface area (Å²) in [5.41, 5.74) is 3.65. The van der Waals surface area contributed by atoms with Gasteiger partial charge in [-0.2, -0.15) is 0 Å². The van der Waals surface area contributed by atoms with Crippen LogP contribution in [0.4, 0.5) is 0 Å². The molecule has 0 radical (unpaired) electrons. The van der Waals surface area contributed by atoms with Gasteiger partial charge in [0.2, 0.25) is 0 Å². The van der Waals surface area contributed by atoms with Crippen molar-refractivity contribution in [2.24, 2.45) is 0 Å². The summed E-state index contributed by atoms with van der Waals surface area (Å²) in [4.78, 5) is 1.33. The zero-order chi connectivity index (χ0) is 13.1. The van der Waals surface area contributed by atoms with Crippen LogP contribution in [0, 0.1) is 13.8 Å². The Kier molecular flexibility index (Phi) is 4.44. The van der Waals surface area contributed by atoms with E-state index in [-0.39, 0.29) is 6.04 Å². The number of hydrogen-bond acceptors (Lipinski definition) is 2. The third-order valence-electron chi connectivity index (χ3n) is 2.96. The molecule has 1 heterocycles. The van der Waals surface area contributed by atoms with Gasteiger partial charge in [-0.25, -0.2) is 0 Å². The number of nitrogens with one attached hydrogen (secondary N) is 1. The summed E-state index contributed by atoms with van der Waals surface area (Å²) in [6.45, 7) is 7.23. The molecule has 0 bridgehead atoms. The van der Waals surface area contributed by atoms with Gasteiger partial charge in [-0.3, -0.25) is 0 Å². The van der Waals surface area contributed by atoms with Crippen molar-refractivity contribution in [3.05, 3.63) is 56.2 Å². The highest BCUT2D eigenvalue weighted by molar-refractivity contribution is 7.10. The smallest absolute Gasteiger partial charge is 0.0599 e. The minimum atomic E-state index is 0.188. The van der Waals surface area contributed by atoms with Crippen LogP contribution in [0.25, 0.3) is 0 Å². The van der Waals surface area contributed by atoms with E-state index in [4.69, 9.17) is 11.6 Å². The van der Waals surface area contributed by atoms with Gasteiger partial charge in [0.25, 0.3) is 0 Å². The third kappa shape index (κ3) is 2.94. The number of thiophene rings is 1. The molecule has 1 aromatic carbocycles. The molecule has 0 spiro atoms. The fourth-order valence-electron chi connectivity index (χ4n) is 2.09. The maximum absolute atomic E-state index is 6.38. The van der Waals surface area contributed by atoms with E-state index in [1.54, 1.807) is 11.3 Å². The molecule has 1 aromatic heterocycles.